The van der Waals surface area contributed by atoms with Crippen molar-refractivity contribution < 1.29 is 43.9 Å². The molecule has 0 aromatic heterocycles. The van der Waals surface area contributed by atoms with Gasteiger partial charge in [0.15, 0.2) is 0 Å². The van der Waals surface area contributed by atoms with E-state index in [1.165, 1.54) is 0 Å². The number of carbonyl (C=O) groups excluding carboxylic acids is 2. The van der Waals surface area contributed by atoms with E-state index in [1.807, 2.05) is 0 Å². The molecule has 0 amide bonds. The molecule has 0 spiro atoms. The number of carbonyl (C=O) groups is 2. The highest BCUT2D eigenvalue weighted by atomic mass is 16.7. The summed E-state index contributed by atoms with van der Waals surface area (Å²) in [7, 11) is 1.14. The van der Waals surface area contributed by atoms with Gasteiger partial charge in [-0.25, -0.2) is 4.79 Å². The summed E-state index contributed by atoms with van der Waals surface area (Å²) in [6, 6.07) is -0.799. The molecule has 1 fully saturated rings. The molecule has 1 aliphatic rings. The molecular formula is C19H33N3O9. The zero-order valence-corrected chi connectivity index (χ0v) is 18.2. The molecule has 12 heteroatoms. The van der Waals surface area contributed by atoms with Crippen LogP contribution in [0.25, 0.3) is 10.4 Å². The normalized spacial score (nSPS) is 27.6. The number of aliphatic hydroxyl groups is 3. The molecule has 0 aliphatic carbocycles. The van der Waals surface area contributed by atoms with E-state index < -0.39 is 48.6 Å². The average Bonchev–Trinajstić information content (AvgIpc) is 2.76. The van der Waals surface area contributed by atoms with Gasteiger partial charge in [0.1, 0.15) is 12.2 Å². The van der Waals surface area contributed by atoms with E-state index in [2.05, 4.69) is 10.0 Å². The highest BCUT2D eigenvalue weighted by Gasteiger charge is 2.54. The van der Waals surface area contributed by atoms with Crippen LogP contribution in [0.5, 0.6) is 0 Å². The van der Waals surface area contributed by atoms with E-state index in [-0.39, 0.29) is 25.4 Å². The van der Waals surface area contributed by atoms with Crippen LogP contribution in [0.1, 0.15) is 46.0 Å². The summed E-state index contributed by atoms with van der Waals surface area (Å²) in [5.74, 6) is -3.70. The number of nitrogens with zero attached hydrogens (tertiary/aromatic N) is 3. The van der Waals surface area contributed by atoms with Crippen molar-refractivity contribution in [2.45, 2.75) is 76.1 Å². The van der Waals surface area contributed by atoms with Crippen LogP contribution in [-0.2, 0) is 28.5 Å². The van der Waals surface area contributed by atoms with Gasteiger partial charge in [0.05, 0.1) is 33.0 Å². The van der Waals surface area contributed by atoms with Crippen LogP contribution in [0, 0.1) is 5.92 Å². The number of hydrogen-bond acceptors (Lipinski definition) is 10. The van der Waals surface area contributed by atoms with Crippen molar-refractivity contribution in [3.05, 3.63) is 10.4 Å². The Bertz CT molecular complexity index is 629. The Hall–Kier alpha value is -1.95. The van der Waals surface area contributed by atoms with Gasteiger partial charge in [-0.2, -0.15) is 0 Å². The van der Waals surface area contributed by atoms with Crippen molar-refractivity contribution in [1.82, 2.24) is 0 Å². The second kappa shape index (κ2) is 13.5. The third-order valence-electron chi connectivity index (χ3n) is 5.21. The first-order chi connectivity index (χ1) is 14.8. The Morgan fingerprint density at radius 2 is 2.03 bits per heavy atom. The molecule has 1 heterocycles. The molecule has 0 saturated carbocycles. The second-order valence-electron chi connectivity index (χ2n) is 7.37. The van der Waals surface area contributed by atoms with E-state index in [4.69, 9.17) is 24.5 Å². The molecule has 12 nitrogen and oxygen atoms in total. The monoisotopic (exact) mass is 447 g/mol. The molecule has 0 aromatic carbocycles. The van der Waals surface area contributed by atoms with E-state index >= 15 is 0 Å². The Labute approximate surface area is 181 Å². The minimum atomic E-state index is -1.96. The van der Waals surface area contributed by atoms with Crippen LogP contribution >= 0.6 is 0 Å². The molecule has 1 unspecified atom stereocenters. The number of aliphatic hydroxyl groups excluding tert-OH is 3. The first-order valence-electron chi connectivity index (χ1n) is 10.3. The molecule has 178 valence electrons. The fourth-order valence-corrected chi connectivity index (χ4v) is 3.43. The first-order valence-corrected chi connectivity index (χ1v) is 10.3. The summed E-state index contributed by atoms with van der Waals surface area (Å²) in [4.78, 5) is 26.7. The van der Waals surface area contributed by atoms with Gasteiger partial charge in [-0.05, 0) is 31.2 Å². The lowest BCUT2D eigenvalue weighted by molar-refractivity contribution is -0.306. The van der Waals surface area contributed by atoms with Crippen LogP contribution in [-0.4, -0.2) is 84.3 Å². The van der Waals surface area contributed by atoms with Crippen molar-refractivity contribution in [3.63, 3.8) is 0 Å². The molecule has 6 atom stereocenters. The summed E-state index contributed by atoms with van der Waals surface area (Å²) >= 11 is 0. The van der Waals surface area contributed by atoms with Crippen molar-refractivity contribution in [3.8, 4) is 0 Å². The molecule has 0 aromatic rings. The molecule has 0 radical (unpaired) electrons. The van der Waals surface area contributed by atoms with Gasteiger partial charge in [0.2, 0.25) is 0 Å². The summed E-state index contributed by atoms with van der Waals surface area (Å²) in [5, 5.41) is 33.1. The standard InChI is InChI=1S/C19H33N3O9/c1-4-29-15(25)8-6-5-7-9-30-19(18(27)28-3)10-13(21-22-20)12(2)17(31-19)16(26)14(24)11-23/h12-14,16-17,23-24,26H,4-11H2,1-3H3/t12-,13-,14-,16-,17?,19-/m1/s1. The summed E-state index contributed by atoms with van der Waals surface area (Å²) in [6.45, 7) is 3.03. The maximum atomic E-state index is 12.6. The Morgan fingerprint density at radius 1 is 1.32 bits per heavy atom. The van der Waals surface area contributed by atoms with Crippen molar-refractivity contribution in [2.24, 2.45) is 11.0 Å². The fourth-order valence-electron chi connectivity index (χ4n) is 3.43. The highest BCUT2D eigenvalue weighted by molar-refractivity contribution is 5.78. The van der Waals surface area contributed by atoms with Crippen LogP contribution in [0.15, 0.2) is 5.11 Å². The smallest absolute Gasteiger partial charge is 0.366 e. The van der Waals surface area contributed by atoms with Gasteiger partial charge < -0.3 is 34.3 Å². The van der Waals surface area contributed by atoms with Gasteiger partial charge in [-0.15, -0.1) is 0 Å². The number of azide groups is 1. The first kappa shape index (κ1) is 27.1. The summed E-state index contributed by atoms with van der Waals surface area (Å²) in [6.07, 6.45) is -2.44. The number of ether oxygens (including phenoxy) is 4. The van der Waals surface area contributed by atoms with E-state index in [9.17, 15) is 24.9 Å². The number of methoxy groups -OCH3 is 1. The molecule has 1 rings (SSSR count). The zero-order chi connectivity index (χ0) is 23.4. The van der Waals surface area contributed by atoms with E-state index in [1.54, 1.807) is 13.8 Å². The Morgan fingerprint density at radius 3 is 2.61 bits per heavy atom. The molecule has 1 saturated heterocycles. The number of hydrogen-bond donors (Lipinski definition) is 3. The minimum Gasteiger partial charge on any atom is -0.466 e. The molecule has 31 heavy (non-hydrogen) atoms. The molecule has 0 bridgehead atoms. The molecule has 1 aliphatic heterocycles. The molecule has 3 N–H and O–H groups in total. The predicted molar refractivity (Wildman–Crippen MR) is 106 cm³/mol. The van der Waals surface area contributed by atoms with Crippen molar-refractivity contribution >= 4 is 11.9 Å². The molecular weight excluding hydrogens is 414 g/mol. The van der Waals surface area contributed by atoms with Crippen LogP contribution in [0.3, 0.4) is 0 Å². The maximum Gasteiger partial charge on any atom is 0.366 e. The lowest BCUT2D eigenvalue weighted by Crippen LogP contribution is -2.61. The van der Waals surface area contributed by atoms with Gasteiger partial charge in [0.25, 0.3) is 5.79 Å². The maximum absolute atomic E-state index is 12.6. The van der Waals surface area contributed by atoms with Crippen LogP contribution < -0.4 is 0 Å². The lowest BCUT2D eigenvalue weighted by Gasteiger charge is -2.46. The topological polar surface area (TPSA) is 181 Å². The number of esters is 2. The third kappa shape index (κ3) is 7.60. The fraction of sp³-hybridized carbons (Fsp3) is 0.895. The third-order valence-corrected chi connectivity index (χ3v) is 5.21. The number of unbranched alkanes of at least 4 members (excludes halogenated alkanes) is 2. The van der Waals surface area contributed by atoms with Gasteiger partial charge in [-0.3, -0.25) is 4.79 Å². The van der Waals surface area contributed by atoms with Crippen molar-refractivity contribution in [2.75, 3.05) is 26.9 Å². The quantitative estimate of drug-likeness (QED) is 0.121. The van der Waals surface area contributed by atoms with E-state index in [0.29, 0.717) is 25.9 Å². The van der Waals surface area contributed by atoms with Crippen molar-refractivity contribution in [1.29, 1.82) is 0 Å². The largest absolute Gasteiger partial charge is 0.466 e. The average molecular weight is 447 g/mol. The number of rotatable bonds is 13. The second-order valence-corrected chi connectivity index (χ2v) is 7.37. The highest BCUT2D eigenvalue weighted by Crippen LogP contribution is 2.38. The lowest BCUT2D eigenvalue weighted by atomic mass is 9.83. The van der Waals surface area contributed by atoms with Crippen LogP contribution in [0.4, 0.5) is 0 Å². The predicted octanol–water partition coefficient (Wildman–Crippen LogP) is 0.814. The summed E-state index contributed by atoms with van der Waals surface area (Å²) < 4.78 is 21.2. The summed E-state index contributed by atoms with van der Waals surface area (Å²) in [5.41, 5.74) is 8.91. The Kier molecular flexibility index (Phi) is 11.8. The van der Waals surface area contributed by atoms with Gasteiger partial charge in [0, 0.05) is 23.8 Å². The van der Waals surface area contributed by atoms with Gasteiger partial charge >= 0.3 is 11.9 Å². The zero-order valence-electron chi connectivity index (χ0n) is 18.2. The Balaban J connectivity index is 2.90. The SMILES string of the molecule is CCOC(=O)CCCCCO[C@]1(C(=O)OC)C[C@@H](N=[N+]=[N-])[C@@H](C)C([C@H](O)[C@H](O)CO)O1. The van der Waals surface area contributed by atoms with Gasteiger partial charge in [-0.1, -0.05) is 18.5 Å². The van der Waals surface area contributed by atoms with E-state index in [0.717, 1.165) is 7.11 Å². The minimum absolute atomic E-state index is 0.0701. The van der Waals surface area contributed by atoms with Crippen LogP contribution in [0.2, 0.25) is 0 Å².